The van der Waals surface area contributed by atoms with Crippen LogP contribution in [0.5, 0.6) is 0 Å². The van der Waals surface area contributed by atoms with Gasteiger partial charge in [-0.25, -0.2) is 0 Å². The molecule has 0 saturated carbocycles. The summed E-state index contributed by atoms with van der Waals surface area (Å²) in [7, 11) is -4.42. The Morgan fingerprint density at radius 3 is 2.68 bits per heavy atom. The minimum Gasteiger partial charge on any atom is -0.399 e. The number of nitrogens with zero attached hydrogens (tertiary/aromatic N) is 1. The zero-order valence-electron chi connectivity index (χ0n) is 9.91. The zero-order valence-corrected chi connectivity index (χ0v) is 11.5. The lowest BCUT2D eigenvalue weighted by Gasteiger charge is -2.19. The van der Waals surface area contributed by atoms with Crippen molar-refractivity contribution in [3.05, 3.63) is 18.2 Å². The van der Waals surface area contributed by atoms with Gasteiger partial charge in [-0.05, 0) is 24.1 Å². The first-order chi connectivity index (χ1) is 8.82. The lowest BCUT2D eigenvalue weighted by Crippen LogP contribution is -2.26. The molecule has 1 unspecified atom stereocenters. The van der Waals surface area contributed by atoms with E-state index in [2.05, 4.69) is 0 Å². The van der Waals surface area contributed by atoms with Crippen molar-refractivity contribution < 1.29 is 17.8 Å². The topological polar surface area (TPSA) is 101 Å². The van der Waals surface area contributed by atoms with Crippen molar-refractivity contribution in [2.24, 2.45) is 5.92 Å². The fraction of sp³-hybridized carbons (Fsp3) is 0.364. The molecule has 1 saturated heterocycles. The highest BCUT2D eigenvalue weighted by molar-refractivity contribution is 7.86. The van der Waals surface area contributed by atoms with Gasteiger partial charge in [-0.1, -0.05) is 0 Å². The number of benzene rings is 1. The third-order valence-corrected chi connectivity index (χ3v) is 4.31. The number of alkyl halides is 1. The molecule has 1 atom stereocenters. The highest BCUT2D eigenvalue weighted by atomic mass is 35.5. The fourth-order valence-corrected chi connectivity index (χ4v) is 2.96. The molecule has 19 heavy (non-hydrogen) atoms. The van der Waals surface area contributed by atoms with E-state index in [9.17, 15) is 17.8 Å². The molecule has 1 heterocycles. The van der Waals surface area contributed by atoms with Crippen molar-refractivity contribution >= 4 is 39.0 Å². The van der Waals surface area contributed by atoms with Crippen LogP contribution in [0.4, 0.5) is 11.4 Å². The first kappa shape index (κ1) is 14.1. The summed E-state index contributed by atoms with van der Waals surface area (Å²) < 4.78 is 31.9. The molecule has 1 aliphatic rings. The average molecular weight is 305 g/mol. The van der Waals surface area contributed by atoms with Gasteiger partial charge in [-0.3, -0.25) is 9.35 Å². The molecule has 1 aromatic rings. The van der Waals surface area contributed by atoms with Crippen LogP contribution < -0.4 is 10.6 Å². The van der Waals surface area contributed by atoms with Crippen LogP contribution in [0.25, 0.3) is 0 Å². The lowest BCUT2D eigenvalue weighted by atomic mass is 10.1. The molecule has 0 bridgehead atoms. The van der Waals surface area contributed by atoms with Crippen molar-refractivity contribution in [2.75, 3.05) is 23.1 Å². The lowest BCUT2D eigenvalue weighted by molar-refractivity contribution is -0.117. The standard InChI is InChI=1S/C11H13ClN2O4S/c12-5-7-3-11(15)14(6-7)9-4-8(13)1-2-10(9)19(16,17)18/h1-2,4,7H,3,5-6,13H2,(H,16,17,18). The molecule has 1 aromatic carbocycles. The molecule has 0 radical (unpaired) electrons. The van der Waals surface area contributed by atoms with Gasteiger partial charge in [0.1, 0.15) is 4.90 Å². The largest absolute Gasteiger partial charge is 0.399 e. The van der Waals surface area contributed by atoms with Crippen molar-refractivity contribution in [3.8, 4) is 0 Å². The predicted octanol–water partition coefficient (Wildman–Crippen LogP) is 1.11. The molecule has 0 spiro atoms. The summed E-state index contributed by atoms with van der Waals surface area (Å²) >= 11 is 5.72. The van der Waals surface area contributed by atoms with E-state index >= 15 is 0 Å². The summed E-state index contributed by atoms with van der Waals surface area (Å²) in [5.41, 5.74) is 6.02. The molecule has 1 amide bonds. The van der Waals surface area contributed by atoms with Crippen LogP contribution in [-0.4, -0.2) is 31.3 Å². The maximum atomic E-state index is 11.9. The molecule has 8 heteroatoms. The summed E-state index contributed by atoms with van der Waals surface area (Å²) in [6.45, 7) is 0.314. The van der Waals surface area contributed by atoms with Crippen LogP contribution >= 0.6 is 11.6 Å². The molecule has 3 N–H and O–H groups in total. The van der Waals surface area contributed by atoms with Crippen molar-refractivity contribution in [1.82, 2.24) is 0 Å². The third kappa shape index (κ3) is 2.83. The van der Waals surface area contributed by atoms with E-state index in [0.29, 0.717) is 18.1 Å². The summed E-state index contributed by atoms with van der Waals surface area (Å²) in [6, 6.07) is 3.89. The SMILES string of the molecule is Nc1ccc(S(=O)(=O)O)c(N2CC(CCl)CC2=O)c1. The van der Waals surface area contributed by atoms with Gasteiger partial charge in [-0.2, -0.15) is 8.42 Å². The maximum absolute atomic E-state index is 11.9. The number of amides is 1. The van der Waals surface area contributed by atoms with Crippen LogP contribution in [-0.2, 0) is 14.9 Å². The molecule has 104 valence electrons. The molecule has 2 rings (SSSR count). The summed E-state index contributed by atoms with van der Waals surface area (Å²) in [6.07, 6.45) is 0.253. The molecular weight excluding hydrogens is 292 g/mol. The molecule has 1 fully saturated rings. The predicted molar refractivity (Wildman–Crippen MR) is 71.8 cm³/mol. The molecule has 0 aliphatic carbocycles. The molecule has 0 aromatic heterocycles. The third-order valence-electron chi connectivity index (χ3n) is 2.98. The van der Waals surface area contributed by atoms with E-state index in [1.807, 2.05) is 0 Å². The Morgan fingerprint density at radius 1 is 1.47 bits per heavy atom. The van der Waals surface area contributed by atoms with Gasteiger partial charge in [0.15, 0.2) is 0 Å². The van der Waals surface area contributed by atoms with Gasteiger partial charge in [-0.15, -0.1) is 11.6 Å². The van der Waals surface area contributed by atoms with Crippen molar-refractivity contribution in [1.29, 1.82) is 0 Å². The molecule has 6 nitrogen and oxygen atoms in total. The van der Waals surface area contributed by atoms with E-state index < -0.39 is 10.1 Å². The minimum absolute atomic E-state index is 0.0372. The maximum Gasteiger partial charge on any atom is 0.296 e. The van der Waals surface area contributed by atoms with Gasteiger partial charge in [0, 0.05) is 24.5 Å². The van der Waals surface area contributed by atoms with Gasteiger partial charge in [0.25, 0.3) is 10.1 Å². The number of nitrogen functional groups attached to an aromatic ring is 1. The number of anilines is 2. The Labute approximate surface area is 115 Å². The molecular formula is C11H13ClN2O4S. The Balaban J connectivity index is 2.50. The first-order valence-corrected chi connectivity index (χ1v) is 7.53. The van der Waals surface area contributed by atoms with Gasteiger partial charge >= 0.3 is 0 Å². The highest BCUT2D eigenvalue weighted by Crippen LogP contribution is 2.32. The van der Waals surface area contributed by atoms with Crippen molar-refractivity contribution in [2.45, 2.75) is 11.3 Å². The van der Waals surface area contributed by atoms with E-state index in [-0.39, 0.29) is 28.8 Å². The summed E-state index contributed by atoms with van der Waals surface area (Å²) in [4.78, 5) is 12.9. The van der Waals surface area contributed by atoms with Gasteiger partial charge in [0.05, 0.1) is 5.69 Å². The van der Waals surface area contributed by atoms with Crippen molar-refractivity contribution in [3.63, 3.8) is 0 Å². The summed E-state index contributed by atoms with van der Waals surface area (Å²) in [5.74, 6) is 0.0390. The number of carbonyl (C=O) groups is 1. The first-order valence-electron chi connectivity index (χ1n) is 5.56. The zero-order chi connectivity index (χ0) is 14.2. The second-order valence-electron chi connectivity index (χ2n) is 4.43. The van der Waals surface area contributed by atoms with Crippen LogP contribution in [0.2, 0.25) is 0 Å². The number of rotatable bonds is 3. The fourth-order valence-electron chi connectivity index (χ4n) is 2.08. The Morgan fingerprint density at radius 2 is 2.16 bits per heavy atom. The number of halogens is 1. The minimum atomic E-state index is -4.42. The second-order valence-corrected chi connectivity index (χ2v) is 6.13. The van der Waals surface area contributed by atoms with E-state index in [0.717, 1.165) is 0 Å². The normalized spacial score (nSPS) is 20.0. The van der Waals surface area contributed by atoms with E-state index in [1.54, 1.807) is 0 Å². The van der Waals surface area contributed by atoms with Crippen LogP contribution in [0, 0.1) is 5.92 Å². The average Bonchev–Trinajstić information content (AvgIpc) is 2.68. The van der Waals surface area contributed by atoms with Crippen LogP contribution in [0.15, 0.2) is 23.1 Å². The van der Waals surface area contributed by atoms with Crippen LogP contribution in [0.3, 0.4) is 0 Å². The number of hydrogen-bond donors (Lipinski definition) is 2. The van der Waals surface area contributed by atoms with Gasteiger partial charge < -0.3 is 10.6 Å². The van der Waals surface area contributed by atoms with Gasteiger partial charge in [0.2, 0.25) is 5.91 Å². The smallest absolute Gasteiger partial charge is 0.296 e. The highest BCUT2D eigenvalue weighted by Gasteiger charge is 2.33. The Bertz CT molecular complexity index is 617. The van der Waals surface area contributed by atoms with Crippen LogP contribution in [0.1, 0.15) is 6.42 Å². The second kappa shape index (κ2) is 4.99. The van der Waals surface area contributed by atoms with E-state index in [4.69, 9.17) is 17.3 Å². The van der Waals surface area contributed by atoms with E-state index in [1.165, 1.54) is 23.1 Å². The number of nitrogens with two attached hydrogens (primary N) is 1. The summed E-state index contributed by atoms with van der Waals surface area (Å²) in [5, 5.41) is 0. The number of hydrogen-bond acceptors (Lipinski definition) is 4. The quantitative estimate of drug-likeness (QED) is 0.495. The monoisotopic (exact) mass is 304 g/mol. The Hall–Kier alpha value is -1.31. The Kier molecular flexibility index (Phi) is 3.71. The molecule has 1 aliphatic heterocycles. The number of carbonyl (C=O) groups excluding carboxylic acids is 1.